The summed E-state index contributed by atoms with van der Waals surface area (Å²) >= 11 is 0. The lowest BCUT2D eigenvalue weighted by atomic mass is 10.1. The zero-order chi connectivity index (χ0) is 17.8. The zero-order valence-corrected chi connectivity index (χ0v) is 14.1. The molecule has 1 amide bonds. The van der Waals surface area contributed by atoms with Crippen molar-refractivity contribution in [2.24, 2.45) is 5.73 Å². The van der Waals surface area contributed by atoms with Crippen LogP contribution in [-0.4, -0.2) is 40.2 Å². The van der Waals surface area contributed by atoms with E-state index in [0.29, 0.717) is 24.6 Å². The molecular weight excluding hydrogens is 316 g/mol. The molecule has 0 saturated carbocycles. The van der Waals surface area contributed by atoms with E-state index in [2.05, 4.69) is 16.1 Å². The number of carbonyl (C=O) groups is 1. The largest absolute Gasteiger partial charge is 0.383 e. The van der Waals surface area contributed by atoms with Gasteiger partial charge in [-0.05, 0) is 19.4 Å². The number of nitrogens with two attached hydrogens (primary N) is 2. The van der Waals surface area contributed by atoms with Gasteiger partial charge >= 0.3 is 0 Å². The van der Waals surface area contributed by atoms with Gasteiger partial charge in [0.25, 0.3) is 5.91 Å². The number of nitrogens with zero attached hydrogens (tertiary/aromatic N) is 4. The van der Waals surface area contributed by atoms with Gasteiger partial charge in [-0.25, -0.2) is 4.68 Å². The second-order valence-electron chi connectivity index (χ2n) is 6.33. The van der Waals surface area contributed by atoms with E-state index in [1.165, 1.54) is 0 Å². The van der Waals surface area contributed by atoms with Crippen LogP contribution in [0.2, 0.25) is 0 Å². The first-order valence-corrected chi connectivity index (χ1v) is 8.44. The molecule has 1 fully saturated rings. The number of aromatic nitrogens is 2. The third kappa shape index (κ3) is 3.49. The van der Waals surface area contributed by atoms with Crippen molar-refractivity contribution in [1.29, 1.82) is 5.26 Å². The molecule has 1 aromatic heterocycles. The monoisotopic (exact) mass is 338 g/mol. The number of carbonyl (C=O) groups excluding carboxylic acids is 1. The number of nitrogen functional groups attached to an aromatic ring is 1. The second-order valence-corrected chi connectivity index (χ2v) is 6.33. The maximum Gasteiger partial charge on any atom is 0.254 e. The van der Waals surface area contributed by atoms with Crippen LogP contribution >= 0.6 is 0 Å². The smallest absolute Gasteiger partial charge is 0.254 e. The van der Waals surface area contributed by atoms with Gasteiger partial charge in [0, 0.05) is 12.1 Å². The van der Waals surface area contributed by atoms with Crippen molar-refractivity contribution in [3.8, 4) is 17.3 Å². The normalized spacial score (nSPS) is 18.4. The fraction of sp³-hybridized carbons (Fsp3) is 0.389. The maximum atomic E-state index is 12.0. The summed E-state index contributed by atoms with van der Waals surface area (Å²) < 4.78 is 1.72. The van der Waals surface area contributed by atoms with Crippen LogP contribution in [-0.2, 0) is 0 Å². The number of rotatable bonds is 4. The Morgan fingerprint density at radius 2 is 2.08 bits per heavy atom. The molecule has 2 heterocycles. The summed E-state index contributed by atoms with van der Waals surface area (Å²) in [7, 11) is 0. The summed E-state index contributed by atoms with van der Waals surface area (Å²) in [4.78, 5) is 14.1. The number of hydrogen-bond donors (Lipinski definition) is 2. The fourth-order valence-electron chi connectivity index (χ4n) is 3.41. The summed E-state index contributed by atoms with van der Waals surface area (Å²) in [6, 6.07) is 11.7. The van der Waals surface area contributed by atoms with Crippen molar-refractivity contribution in [2.75, 3.05) is 25.4 Å². The van der Waals surface area contributed by atoms with Crippen molar-refractivity contribution < 1.29 is 4.79 Å². The Hall–Kier alpha value is -2.85. The van der Waals surface area contributed by atoms with Gasteiger partial charge in [0.1, 0.15) is 17.1 Å². The molecular formula is C18H22N6O. The molecule has 1 aliphatic heterocycles. The third-order valence-corrected chi connectivity index (χ3v) is 4.61. The number of primary amides is 1. The Balaban J connectivity index is 2.02. The van der Waals surface area contributed by atoms with Gasteiger partial charge in [-0.1, -0.05) is 36.8 Å². The first kappa shape index (κ1) is 17.0. The molecule has 1 unspecified atom stereocenters. The predicted octanol–water partition coefficient (Wildman–Crippen LogP) is 1.78. The molecule has 0 bridgehead atoms. The van der Waals surface area contributed by atoms with Gasteiger partial charge in [-0.3, -0.25) is 9.69 Å². The Kier molecular flexibility index (Phi) is 5.00. The van der Waals surface area contributed by atoms with Crippen LogP contribution in [0.3, 0.4) is 0 Å². The van der Waals surface area contributed by atoms with Crippen LogP contribution in [0.25, 0.3) is 11.3 Å². The van der Waals surface area contributed by atoms with E-state index in [1.807, 2.05) is 30.3 Å². The van der Waals surface area contributed by atoms with Crippen LogP contribution in [0.15, 0.2) is 30.3 Å². The minimum Gasteiger partial charge on any atom is -0.383 e. The van der Waals surface area contributed by atoms with Crippen LogP contribution in [0.1, 0.15) is 35.7 Å². The average molecular weight is 338 g/mol. The van der Waals surface area contributed by atoms with Crippen molar-refractivity contribution in [3.63, 3.8) is 0 Å². The average Bonchev–Trinajstić information content (AvgIpc) is 2.79. The Labute approximate surface area is 146 Å². The standard InChI is InChI=1S/C18H22N6O/c19-9-11-23-10-5-4-8-14(12-23)24-17(20)15(18(21)25)16(22-24)13-6-2-1-3-7-13/h1-3,6-7,14H,4-5,8,10-12,20H2,(H2,21,25). The first-order valence-electron chi connectivity index (χ1n) is 8.44. The SMILES string of the molecule is N#CCN1CCCCC(n2nc(-c3ccccc3)c(C(N)=O)c2N)C1. The molecule has 3 rings (SSSR count). The van der Waals surface area contributed by atoms with Crippen LogP contribution in [0.5, 0.6) is 0 Å². The molecule has 4 N–H and O–H groups in total. The Morgan fingerprint density at radius 1 is 1.32 bits per heavy atom. The molecule has 1 atom stereocenters. The molecule has 1 aliphatic rings. The Morgan fingerprint density at radius 3 is 2.76 bits per heavy atom. The second kappa shape index (κ2) is 7.36. The van der Waals surface area contributed by atoms with Crippen LogP contribution in [0.4, 0.5) is 5.82 Å². The van der Waals surface area contributed by atoms with Gasteiger partial charge in [0.2, 0.25) is 0 Å². The topological polar surface area (TPSA) is 114 Å². The van der Waals surface area contributed by atoms with E-state index in [0.717, 1.165) is 31.4 Å². The number of benzene rings is 1. The van der Waals surface area contributed by atoms with Gasteiger partial charge in [-0.2, -0.15) is 10.4 Å². The maximum absolute atomic E-state index is 12.0. The molecule has 1 aromatic carbocycles. The highest BCUT2D eigenvalue weighted by Gasteiger charge is 2.27. The molecule has 25 heavy (non-hydrogen) atoms. The predicted molar refractivity (Wildman–Crippen MR) is 95.5 cm³/mol. The lowest BCUT2D eigenvalue weighted by Crippen LogP contribution is -2.31. The summed E-state index contributed by atoms with van der Waals surface area (Å²) in [6.07, 6.45) is 2.96. The van der Waals surface area contributed by atoms with Crippen LogP contribution in [0, 0.1) is 11.3 Å². The van der Waals surface area contributed by atoms with Crippen molar-refractivity contribution >= 4 is 11.7 Å². The molecule has 130 valence electrons. The number of amides is 1. The van der Waals surface area contributed by atoms with Crippen LogP contribution < -0.4 is 11.5 Å². The summed E-state index contributed by atoms with van der Waals surface area (Å²) in [5, 5.41) is 13.6. The van der Waals surface area contributed by atoms with E-state index in [9.17, 15) is 4.79 Å². The molecule has 0 aliphatic carbocycles. The third-order valence-electron chi connectivity index (χ3n) is 4.61. The van der Waals surface area contributed by atoms with Gasteiger partial charge < -0.3 is 11.5 Å². The first-order chi connectivity index (χ1) is 12.1. The quantitative estimate of drug-likeness (QED) is 0.825. The molecule has 1 saturated heterocycles. The molecule has 0 spiro atoms. The van der Waals surface area contributed by atoms with Gasteiger partial charge in [-0.15, -0.1) is 0 Å². The van der Waals surface area contributed by atoms with E-state index in [1.54, 1.807) is 4.68 Å². The highest BCUT2D eigenvalue weighted by atomic mass is 16.1. The number of likely N-dealkylation sites (tertiary alicyclic amines) is 1. The molecule has 7 heteroatoms. The zero-order valence-electron chi connectivity index (χ0n) is 14.1. The van der Waals surface area contributed by atoms with E-state index >= 15 is 0 Å². The number of hydrogen-bond acceptors (Lipinski definition) is 5. The minimum absolute atomic E-state index is 0.0198. The fourth-order valence-corrected chi connectivity index (χ4v) is 3.41. The van der Waals surface area contributed by atoms with Crippen molar-refractivity contribution in [1.82, 2.24) is 14.7 Å². The minimum atomic E-state index is -0.579. The molecule has 2 aromatic rings. The van der Waals surface area contributed by atoms with Gasteiger partial charge in [0.05, 0.1) is 18.7 Å². The highest BCUT2D eigenvalue weighted by molar-refractivity contribution is 6.03. The molecule has 0 radical (unpaired) electrons. The summed E-state index contributed by atoms with van der Waals surface area (Å²) in [6.45, 7) is 1.96. The number of anilines is 1. The van der Waals surface area contributed by atoms with E-state index in [4.69, 9.17) is 16.7 Å². The lowest BCUT2D eigenvalue weighted by molar-refractivity contribution is 0.100. The summed E-state index contributed by atoms with van der Waals surface area (Å²) in [5.41, 5.74) is 13.4. The molecule has 7 nitrogen and oxygen atoms in total. The number of nitriles is 1. The van der Waals surface area contributed by atoms with Crippen molar-refractivity contribution in [3.05, 3.63) is 35.9 Å². The van der Waals surface area contributed by atoms with E-state index in [-0.39, 0.29) is 11.6 Å². The Bertz CT molecular complexity index is 792. The highest BCUT2D eigenvalue weighted by Crippen LogP contribution is 2.31. The van der Waals surface area contributed by atoms with Gasteiger partial charge in [0.15, 0.2) is 0 Å². The summed E-state index contributed by atoms with van der Waals surface area (Å²) in [5.74, 6) is -0.278. The lowest BCUT2D eigenvalue weighted by Gasteiger charge is -2.22. The van der Waals surface area contributed by atoms with E-state index < -0.39 is 5.91 Å². The van der Waals surface area contributed by atoms with Crippen molar-refractivity contribution in [2.45, 2.75) is 25.3 Å².